The second-order valence-corrected chi connectivity index (χ2v) is 4.34. The molecule has 0 aliphatic heterocycles. The van der Waals surface area contributed by atoms with E-state index in [0.717, 1.165) is 0 Å². The molecule has 0 fully saturated rings. The fourth-order valence-electron chi connectivity index (χ4n) is 1.56. The summed E-state index contributed by atoms with van der Waals surface area (Å²) in [6, 6.07) is 3.13. The van der Waals surface area contributed by atoms with Crippen LogP contribution in [0.2, 0.25) is 0 Å². The van der Waals surface area contributed by atoms with Gasteiger partial charge in [-0.05, 0) is 25.0 Å². The van der Waals surface area contributed by atoms with E-state index in [1.807, 2.05) is 0 Å². The number of hydrogen-bond acceptors (Lipinski definition) is 4. The molecule has 7 nitrogen and oxygen atoms in total. The van der Waals surface area contributed by atoms with Crippen LogP contribution in [0.15, 0.2) is 22.8 Å². The lowest BCUT2D eigenvalue weighted by molar-refractivity contribution is -0.137. The Kier molecular flexibility index (Phi) is 6.28. The minimum absolute atomic E-state index is 0.0710. The first-order chi connectivity index (χ1) is 9.50. The monoisotopic (exact) mass is 282 g/mol. The molecule has 0 atom stereocenters. The molecule has 0 aromatic carbocycles. The topological polar surface area (TPSA) is 99.9 Å². The summed E-state index contributed by atoms with van der Waals surface area (Å²) in [7, 11) is 1.51. The van der Waals surface area contributed by atoms with Gasteiger partial charge in [-0.3, -0.25) is 14.4 Å². The van der Waals surface area contributed by atoms with Crippen LogP contribution in [0.5, 0.6) is 0 Å². The zero-order valence-electron chi connectivity index (χ0n) is 11.3. The van der Waals surface area contributed by atoms with Crippen molar-refractivity contribution in [3.63, 3.8) is 0 Å². The van der Waals surface area contributed by atoms with Gasteiger partial charge >= 0.3 is 5.97 Å². The van der Waals surface area contributed by atoms with Crippen LogP contribution < -0.4 is 5.32 Å². The van der Waals surface area contributed by atoms with Gasteiger partial charge in [0.2, 0.25) is 5.91 Å². The van der Waals surface area contributed by atoms with Crippen molar-refractivity contribution in [1.29, 1.82) is 0 Å². The molecule has 0 saturated heterocycles. The molecular weight excluding hydrogens is 264 g/mol. The number of amides is 2. The van der Waals surface area contributed by atoms with E-state index in [9.17, 15) is 14.4 Å². The molecule has 0 bridgehead atoms. The number of rotatable bonds is 8. The number of carboxylic acid groups (broad SMARTS) is 1. The van der Waals surface area contributed by atoms with Gasteiger partial charge in [0.05, 0.1) is 12.8 Å². The van der Waals surface area contributed by atoms with E-state index in [1.54, 1.807) is 6.07 Å². The largest absolute Gasteiger partial charge is 0.481 e. The number of aliphatic carboxylic acids is 1. The van der Waals surface area contributed by atoms with Crippen molar-refractivity contribution in [2.24, 2.45) is 0 Å². The van der Waals surface area contributed by atoms with E-state index in [1.165, 1.54) is 24.3 Å². The number of nitrogens with zero attached hydrogens (tertiary/aromatic N) is 1. The average Bonchev–Trinajstić information content (AvgIpc) is 2.90. The summed E-state index contributed by atoms with van der Waals surface area (Å²) in [5.41, 5.74) is 0. The quantitative estimate of drug-likeness (QED) is 0.684. The Balaban J connectivity index is 2.21. The van der Waals surface area contributed by atoms with E-state index in [2.05, 4.69) is 5.32 Å². The van der Waals surface area contributed by atoms with Crippen LogP contribution in [0.3, 0.4) is 0 Å². The van der Waals surface area contributed by atoms with Crippen molar-refractivity contribution in [3.05, 3.63) is 24.2 Å². The van der Waals surface area contributed by atoms with Crippen LogP contribution in [0.1, 0.15) is 29.8 Å². The lowest BCUT2D eigenvalue weighted by atomic mass is 10.2. The van der Waals surface area contributed by atoms with Crippen molar-refractivity contribution >= 4 is 17.8 Å². The Bertz CT molecular complexity index is 455. The van der Waals surface area contributed by atoms with Crippen LogP contribution >= 0.6 is 0 Å². The molecule has 0 saturated carbocycles. The molecule has 0 aliphatic carbocycles. The molecule has 0 radical (unpaired) electrons. The van der Waals surface area contributed by atoms with Crippen molar-refractivity contribution in [1.82, 2.24) is 10.2 Å². The fourth-order valence-corrected chi connectivity index (χ4v) is 1.56. The van der Waals surface area contributed by atoms with Gasteiger partial charge in [-0.25, -0.2) is 0 Å². The summed E-state index contributed by atoms with van der Waals surface area (Å²) in [5, 5.41) is 11.1. The minimum Gasteiger partial charge on any atom is -0.481 e. The fraction of sp³-hybridized carbons (Fsp3) is 0.462. The molecule has 1 rings (SSSR count). The maximum absolute atomic E-state index is 11.8. The Morgan fingerprint density at radius 3 is 2.70 bits per heavy atom. The number of hydrogen-bond donors (Lipinski definition) is 2. The third-order valence-electron chi connectivity index (χ3n) is 2.60. The number of furan rings is 1. The maximum atomic E-state index is 11.8. The minimum atomic E-state index is -0.847. The van der Waals surface area contributed by atoms with Gasteiger partial charge < -0.3 is 19.7 Å². The van der Waals surface area contributed by atoms with Gasteiger partial charge in [-0.2, -0.15) is 0 Å². The zero-order valence-corrected chi connectivity index (χ0v) is 11.3. The number of carboxylic acids is 1. The maximum Gasteiger partial charge on any atom is 0.303 e. The van der Waals surface area contributed by atoms with Gasteiger partial charge in [-0.1, -0.05) is 0 Å². The number of nitrogens with one attached hydrogen (secondary N) is 1. The number of unbranched alkanes of at least 4 members (excludes halogenated alkanes) is 1. The van der Waals surface area contributed by atoms with Gasteiger partial charge in [-0.15, -0.1) is 0 Å². The lowest BCUT2D eigenvalue weighted by Gasteiger charge is -2.15. The highest BCUT2D eigenvalue weighted by Gasteiger charge is 2.16. The van der Waals surface area contributed by atoms with Crippen LogP contribution in [-0.2, 0) is 9.59 Å². The van der Waals surface area contributed by atoms with E-state index in [0.29, 0.717) is 19.4 Å². The average molecular weight is 282 g/mol. The molecule has 0 spiro atoms. The molecule has 2 N–H and O–H groups in total. The molecule has 0 unspecified atom stereocenters. The molecular formula is C13H18N2O5. The first-order valence-corrected chi connectivity index (χ1v) is 6.28. The molecule has 110 valence electrons. The Labute approximate surface area is 116 Å². The smallest absolute Gasteiger partial charge is 0.303 e. The van der Waals surface area contributed by atoms with Crippen molar-refractivity contribution < 1.29 is 23.9 Å². The number of carbonyl (C=O) groups excluding carboxylic acids is 2. The SMILES string of the molecule is CN(CC(=O)NCCCCC(=O)O)C(=O)c1ccco1. The van der Waals surface area contributed by atoms with Crippen molar-refractivity contribution in [2.45, 2.75) is 19.3 Å². The summed E-state index contributed by atoms with van der Waals surface area (Å²) in [6.07, 6.45) is 2.58. The first-order valence-electron chi connectivity index (χ1n) is 6.28. The second kappa shape index (κ2) is 7.98. The third-order valence-corrected chi connectivity index (χ3v) is 2.60. The molecule has 1 heterocycles. The van der Waals surface area contributed by atoms with Crippen LogP contribution in [0, 0.1) is 0 Å². The molecule has 2 amide bonds. The van der Waals surface area contributed by atoms with E-state index >= 15 is 0 Å². The van der Waals surface area contributed by atoms with Gasteiger partial charge in [0.1, 0.15) is 0 Å². The van der Waals surface area contributed by atoms with E-state index < -0.39 is 5.97 Å². The predicted molar refractivity (Wildman–Crippen MR) is 70.2 cm³/mol. The molecule has 0 aliphatic rings. The van der Waals surface area contributed by atoms with Crippen molar-refractivity contribution in [2.75, 3.05) is 20.1 Å². The van der Waals surface area contributed by atoms with Gasteiger partial charge in [0.25, 0.3) is 5.91 Å². The van der Waals surface area contributed by atoms with Gasteiger partial charge in [0, 0.05) is 20.0 Å². The molecule has 1 aromatic rings. The molecule has 20 heavy (non-hydrogen) atoms. The highest BCUT2D eigenvalue weighted by Crippen LogP contribution is 2.03. The van der Waals surface area contributed by atoms with Crippen LogP contribution in [0.4, 0.5) is 0 Å². The first kappa shape index (κ1) is 15.7. The number of likely N-dealkylation sites (N-methyl/N-ethyl adjacent to an activating group) is 1. The summed E-state index contributed by atoms with van der Waals surface area (Å²) in [4.78, 5) is 34.9. The van der Waals surface area contributed by atoms with Gasteiger partial charge in [0.15, 0.2) is 5.76 Å². The predicted octanol–water partition coefficient (Wildman–Crippen LogP) is 0.723. The Morgan fingerprint density at radius 1 is 1.35 bits per heavy atom. The summed E-state index contributed by atoms with van der Waals surface area (Å²) < 4.78 is 4.95. The van der Waals surface area contributed by atoms with E-state index in [-0.39, 0.29) is 30.5 Å². The summed E-state index contributed by atoms with van der Waals surface area (Å²) in [5.74, 6) is -1.32. The summed E-state index contributed by atoms with van der Waals surface area (Å²) >= 11 is 0. The van der Waals surface area contributed by atoms with Crippen molar-refractivity contribution in [3.8, 4) is 0 Å². The second-order valence-electron chi connectivity index (χ2n) is 4.34. The lowest BCUT2D eigenvalue weighted by Crippen LogP contribution is -2.38. The zero-order chi connectivity index (χ0) is 15.0. The number of carbonyl (C=O) groups is 3. The normalized spacial score (nSPS) is 10.1. The highest BCUT2D eigenvalue weighted by atomic mass is 16.4. The summed E-state index contributed by atoms with van der Waals surface area (Å²) in [6.45, 7) is 0.327. The van der Waals surface area contributed by atoms with E-state index in [4.69, 9.17) is 9.52 Å². The third kappa shape index (κ3) is 5.55. The molecule has 1 aromatic heterocycles. The Morgan fingerprint density at radius 2 is 2.10 bits per heavy atom. The molecule has 7 heteroatoms. The van der Waals surface area contributed by atoms with Crippen LogP contribution in [0.25, 0.3) is 0 Å². The highest BCUT2D eigenvalue weighted by molar-refractivity contribution is 5.94. The standard InChI is InChI=1S/C13H18N2O5/c1-15(13(19)10-5-4-8-20-10)9-11(16)14-7-3-2-6-12(17)18/h4-5,8H,2-3,6-7,9H2,1H3,(H,14,16)(H,17,18). The van der Waals surface area contributed by atoms with Crippen LogP contribution in [-0.4, -0.2) is 47.9 Å². The Hall–Kier alpha value is -2.31.